The predicted molar refractivity (Wildman–Crippen MR) is 129 cm³/mol. The van der Waals surface area contributed by atoms with Gasteiger partial charge < -0.3 is 10.2 Å². The molecule has 0 bridgehead atoms. The van der Waals surface area contributed by atoms with Crippen molar-refractivity contribution in [1.82, 2.24) is 4.90 Å². The molecular weight excluding hydrogens is 441 g/mol. The van der Waals surface area contributed by atoms with Gasteiger partial charge in [0.1, 0.15) is 5.82 Å². The van der Waals surface area contributed by atoms with Crippen LogP contribution in [0, 0.1) is 19.7 Å². The number of hydrogen-bond donors (Lipinski definition) is 1. The van der Waals surface area contributed by atoms with Crippen LogP contribution in [0.5, 0.6) is 0 Å². The monoisotopic (exact) mass is 465 g/mol. The number of aryl methyl sites for hydroxylation is 2. The first-order chi connectivity index (χ1) is 15.8. The fraction of sp³-hybridized carbons (Fsp3) is 0.231. The smallest absolute Gasteiger partial charge is 0.320 e. The zero-order valence-corrected chi connectivity index (χ0v) is 19.3. The summed E-state index contributed by atoms with van der Waals surface area (Å²) >= 11 is 6.22. The van der Waals surface area contributed by atoms with E-state index in [4.69, 9.17) is 11.6 Å². The van der Waals surface area contributed by atoms with Crippen molar-refractivity contribution in [3.05, 3.63) is 93.8 Å². The number of nitrogens with one attached hydrogen (secondary N) is 1. The minimum absolute atomic E-state index is 0.211. The minimum Gasteiger partial charge on any atom is -0.320 e. The summed E-state index contributed by atoms with van der Waals surface area (Å²) in [5, 5.41) is 3.40. The number of amides is 3. The number of carbonyl (C=O) groups is 2. The van der Waals surface area contributed by atoms with Crippen LogP contribution in [-0.4, -0.2) is 29.9 Å². The maximum absolute atomic E-state index is 13.7. The van der Waals surface area contributed by atoms with Gasteiger partial charge in [-0.15, -0.1) is 0 Å². The van der Waals surface area contributed by atoms with Crippen LogP contribution in [0.1, 0.15) is 33.5 Å². The number of rotatable bonds is 5. The molecule has 4 rings (SSSR count). The van der Waals surface area contributed by atoms with Crippen molar-refractivity contribution in [3.8, 4) is 0 Å². The highest BCUT2D eigenvalue weighted by molar-refractivity contribution is 6.31. The highest BCUT2D eigenvalue weighted by Gasteiger charge is 2.29. The molecule has 0 saturated carbocycles. The molecule has 7 heteroatoms. The van der Waals surface area contributed by atoms with Gasteiger partial charge in [-0.25, -0.2) is 9.18 Å². The SMILES string of the molecule is Cc1ccc(N2CCCN(Cc3cc(F)ccc3Cl)C2=O)c(NC(=O)c2ccccc2C)c1. The molecule has 1 fully saturated rings. The molecule has 3 aromatic carbocycles. The Morgan fingerprint density at radius 1 is 1.06 bits per heavy atom. The molecule has 0 aliphatic carbocycles. The van der Waals surface area contributed by atoms with Gasteiger partial charge in [-0.2, -0.15) is 0 Å². The van der Waals surface area contributed by atoms with Gasteiger partial charge in [-0.3, -0.25) is 9.69 Å². The summed E-state index contributed by atoms with van der Waals surface area (Å²) in [6.07, 6.45) is 0.734. The number of benzene rings is 3. The summed E-state index contributed by atoms with van der Waals surface area (Å²) in [5.74, 6) is -0.622. The molecule has 1 aliphatic rings. The summed E-state index contributed by atoms with van der Waals surface area (Å²) < 4.78 is 13.7. The lowest BCUT2D eigenvalue weighted by Crippen LogP contribution is -2.49. The lowest BCUT2D eigenvalue weighted by atomic mass is 10.1. The molecule has 1 aliphatic heterocycles. The van der Waals surface area contributed by atoms with Crippen LogP contribution in [0.2, 0.25) is 5.02 Å². The average Bonchev–Trinajstić information content (AvgIpc) is 2.78. The van der Waals surface area contributed by atoms with Gasteiger partial charge in [0.2, 0.25) is 0 Å². The van der Waals surface area contributed by atoms with Crippen LogP contribution < -0.4 is 10.2 Å². The van der Waals surface area contributed by atoms with E-state index in [0.717, 1.165) is 17.5 Å². The van der Waals surface area contributed by atoms with E-state index in [0.29, 0.717) is 40.6 Å². The highest BCUT2D eigenvalue weighted by atomic mass is 35.5. The largest absolute Gasteiger partial charge is 0.324 e. The molecule has 0 aromatic heterocycles. The summed E-state index contributed by atoms with van der Waals surface area (Å²) in [6, 6.07) is 16.9. The number of nitrogens with zero attached hydrogens (tertiary/aromatic N) is 2. The van der Waals surface area contributed by atoms with Gasteiger partial charge >= 0.3 is 6.03 Å². The summed E-state index contributed by atoms with van der Waals surface area (Å²) in [4.78, 5) is 29.6. The van der Waals surface area contributed by atoms with Gasteiger partial charge in [0.25, 0.3) is 5.91 Å². The Kier molecular flexibility index (Phi) is 6.65. The van der Waals surface area contributed by atoms with E-state index in [1.807, 2.05) is 50.2 Å². The van der Waals surface area contributed by atoms with Gasteiger partial charge in [-0.05, 0) is 73.4 Å². The van der Waals surface area contributed by atoms with E-state index in [-0.39, 0.29) is 18.5 Å². The summed E-state index contributed by atoms with van der Waals surface area (Å²) in [6.45, 7) is 5.09. The standard InChI is InChI=1S/C26H25ClFN3O2/c1-17-8-11-24(23(14-17)29-25(32)21-7-4-3-6-18(21)2)31-13-5-12-30(26(31)33)16-19-15-20(28)9-10-22(19)27/h3-4,6-11,14-15H,5,12-13,16H2,1-2H3,(H,29,32). The molecular formula is C26H25ClFN3O2. The number of anilines is 2. The fourth-order valence-electron chi connectivity index (χ4n) is 4.02. The van der Waals surface area contributed by atoms with Crippen molar-refractivity contribution < 1.29 is 14.0 Å². The number of hydrogen-bond acceptors (Lipinski definition) is 2. The van der Waals surface area contributed by atoms with Crippen molar-refractivity contribution in [2.75, 3.05) is 23.3 Å². The van der Waals surface area contributed by atoms with Crippen LogP contribution in [0.25, 0.3) is 0 Å². The quantitative estimate of drug-likeness (QED) is 0.489. The second kappa shape index (κ2) is 9.63. The molecule has 33 heavy (non-hydrogen) atoms. The fourth-order valence-corrected chi connectivity index (χ4v) is 4.20. The lowest BCUT2D eigenvalue weighted by Gasteiger charge is -2.36. The molecule has 0 spiro atoms. The average molecular weight is 466 g/mol. The van der Waals surface area contributed by atoms with Gasteiger partial charge in [0.15, 0.2) is 0 Å². The summed E-state index contributed by atoms with van der Waals surface area (Å²) in [5.41, 5.74) is 4.18. The van der Waals surface area contributed by atoms with Crippen molar-refractivity contribution in [2.45, 2.75) is 26.8 Å². The highest BCUT2D eigenvalue weighted by Crippen LogP contribution is 2.31. The second-order valence-corrected chi connectivity index (χ2v) is 8.64. The second-order valence-electron chi connectivity index (χ2n) is 8.23. The molecule has 1 heterocycles. The Bertz CT molecular complexity index is 1210. The van der Waals surface area contributed by atoms with Crippen LogP contribution in [0.4, 0.5) is 20.6 Å². The van der Waals surface area contributed by atoms with Gasteiger partial charge in [-0.1, -0.05) is 35.9 Å². The first-order valence-electron chi connectivity index (χ1n) is 10.8. The molecule has 0 atom stereocenters. The molecule has 170 valence electrons. The molecule has 3 aromatic rings. The maximum atomic E-state index is 13.7. The van der Waals surface area contributed by atoms with Crippen LogP contribution in [0.3, 0.4) is 0 Å². The van der Waals surface area contributed by atoms with Crippen molar-refractivity contribution in [3.63, 3.8) is 0 Å². The van der Waals surface area contributed by atoms with E-state index >= 15 is 0 Å². The van der Waals surface area contributed by atoms with Crippen molar-refractivity contribution in [1.29, 1.82) is 0 Å². The van der Waals surface area contributed by atoms with Crippen molar-refractivity contribution in [2.24, 2.45) is 0 Å². The molecule has 1 saturated heterocycles. The predicted octanol–water partition coefficient (Wildman–Crippen LogP) is 6.18. The topological polar surface area (TPSA) is 52.6 Å². The van der Waals surface area contributed by atoms with E-state index in [1.54, 1.807) is 15.9 Å². The number of urea groups is 1. The molecule has 5 nitrogen and oxygen atoms in total. The third-order valence-corrected chi connectivity index (χ3v) is 6.13. The van der Waals surface area contributed by atoms with Crippen LogP contribution >= 0.6 is 11.6 Å². The zero-order chi connectivity index (χ0) is 23.5. The first kappa shape index (κ1) is 22.8. The van der Waals surface area contributed by atoms with E-state index in [1.165, 1.54) is 18.2 Å². The maximum Gasteiger partial charge on any atom is 0.324 e. The third-order valence-electron chi connectivity index (χ3n) is 5.76. The molecule has 0 unspecified atom stereocenters. The Labute approximate surface area is 197 Å². The Hall–Kier alpha value is -3.38. The number of carbonyl (C=O) groups excluding carboxylic acids is 2. The van der Waals surface area contributed by atoms with Crippen LogP contribution in [-0.2, 0) is 6.54 Å². The third kappa shape index (κ3) is 5.01. The first-order valence-corrected chi connectivity index (χ1v) is 11.2. The Balaban J connectivity index is 1.60. The Morgan fingerprint density at radius 3 is 2.64 bits per heavy atom. The number of halogens is 2. The molecule has 0 radical (unpaired) electrons. The normalized spacial score (nSPS) is 13.9. The van der Waals surface area contributed by atoms with Gasteiger partial charge in [0, 0.05) is 30.2 Å². The Morgan fingerprint density at radius 2 is 1.85 bits per heavy atom. The van der Waals surface area contributed by atoms with Crippen LogP contribution in [0.15, 0.2) is 60.7 Å². The minimum atomic E-state index is -0.393. The van der Waals surface area contributed by atoms with E-state index < -0.39 is 5.82 Å². The van der Waals surface area contributed by atoms with Gasteiger partial charge in [0.05, 0.1) is 11.4 Å². The summed E-state index contributed by atoms with van der Waals surface area (Å²) in [7, 11) is 0. The lowest BCUT2D eigenvalue weighted by molar-refractivity contribution is 0.102. The molecule has 1 N–H and O–H groups in total. The van der Waals surface area contributed by atoms with E-state index in [2.05, 4.69) is 5.32 Å². The van der Waals surface area contributed by atoms with Crippen molar-refractivity contribution >= 4 is 34.9 Å². The van der Waals surface area contributed by atoms with E-state index in [9.17, 15) is 14.0 Å². The zero-order valence-electron chi connectivity index (χ0n) is 18.6. The molecule has 3 amide bonds.